The van der Waals surface area contributed by atoms with Crippen LogP contribution in [-0.2, 0) is 7.05 Å². The molecule has 0 unspecified atom stereocenters. The Labute approximate surface area is 144 Å². The summed E-state index contributed by atoms with van der Waals surface area (Å²) in [6.45, 7) is 3.76. The van der Waals surface area contributed by atoms with Gasteiger partial charge < -0.3 is 0 Å². The molecule has 2 aromatic rings. The van der Waals surface area contributed by atoms with Crippen LogP contribution in [0.4, 0.5) is 0 Å². The molecular formula is C20H30GeN+. The Morgan fingerprint density at radius 1 is 1.18 bits per heavy atom. The second-order valence-electron chi connectivity index (χ2n) is 7.38. The summed E-state index contributed by atoms with van der Waals surface area (Å²) >= 11 is -2.20. The van der Waals surface area contributed by atoms with Crippen LogP contribution in [-0.4, -0.2) is 13.3 Å². The van der Waals surface area contributed by atoms with Crippen molar-refractivity contribution < 1.29 is 10.1 Å². The zero-order chi connectivity index (χ0) is 20.1. The van der Waals surface area contributed by atoms with Crippen LogP contribution in [0.3, 0.4) is 0 Å². The van der Waals surface area contributed by atoms with Crippen molar-refractivity contribution in [1.82, 2.24) is 0 Å². The van der Waals surface area contributed by atoms with Crippen molar-refractivity contribution >= 4 is 17.7 Å². The molecule has 118 valence electrons. The van der Waals surface area contributed by atoms with Crippen molar-refractivity contribution in [3.8, 4) is 11.3 Å². The van der Waals surface area contributed by atoms with Crippen LogP contribution in [0.1, 0.15) is 41.9 Å². The number of pyridine rings is 1. The van der Waals surface area contributed by atoms with Crippen LogP contribution < -0.4 is 8.96 Å². The Morgan fingerprint density at radius 2 is 1.86 bits per heavy atom. The number of aryl methyl sites for hydroxylation is 3. The van der Waals surface area contributed by atoms with Gasteiger partial charge in [-0.25, -0.2) is 0 Å². The van der Waals surface area contributed by atoms with E-state index in [1.54, 1.807) is 12.1 Å². The first-order valence-electron chi connectivity index (χ1n) is 9.78. The fraction of sp³-hybridized carbons (Fsp3) is 0.450. The number of aromatic nitrogens is 1. The molecule has 1 nitrogen and oxygen atoms in total. The molecule has 0 bridgehead atoms. The molecule has 1 heterocycles. The molecular weight excluding hydrogens is 327 g/mol. The van der Waals surface area contributed by atoms with Gasteiger partial charge >= 0.3 is 144 Å². The summed E-state index contributed by atoms with van der Waals surface area (Å²) in [5, 5.41) is 0. The van der Waals surface area contributed by atoms with Gasteiger partial charge in [0.05, 0.1) is 0 Å². The van der Waals surface area contributed by atoms with Crippen LogP contribution in [0, 0.1) is 13.8 Å². The minimum atomic E-state index is -2.20. The van der Waals surface area contributed by atoms with E-state index >= 15 is 0 Å². The van der Waals surface area contributed by atoms with E-state index in [-0.39, 0.29) is 0 Å². The molecule has 0 aliphatic carbocycles. The number of hydrogen-bond donors (Lipinski definition) is 0. The van der Waals surface area contributed by atoms with Gasteiger partial charge in [-0.15, -0.1) is 0 Å². The SMILES string of the molecule is [2H]C([2H])([2H])c1ccc(-c2c[c]([Ge]([CH3])([CH3])[CH3])c(C([2H])(C)C)c[n+]2C)c(C)c1. The first kappa shape index (κ1) is 12.3. The van der Waals surface area contributed by atoms with Crippen LogP contribution >= 0.6 is 0 Å². The summed E-state index contributed by atoms with van der Waals surface area (Å²) in [6, 6.07) is 7.62. The predicted octanol–water partition coefficient (Wildman–Crippen LogP) is 4.46. The van der Waals surface area contributed by atoms with Crippen LogP contribution in [0.2, 0.25) is 17.3 Å². The molecule has 0 N–H and O–H groups in total. The van der Waals surface area contributed by atoms with Gasteiger partial charge in [-0.1, -0.05) is 0 Å². The van der Waals surface area contributed by atoms with E-state index in [4.69, 9.17) is 5.48 Å². The van der Waals surface area contributed by atoms with Gasteiger partial charge in [0.1, 0.15) is 0 Å². The molecule has 0 spiro atoms. The van der Waals surface area contributed by atoms with Gasteiger partial charge in [-0.05, 0) is 0 Å². The molecule has 0 aliphatic heterocycles. The van der Waals surface area contributed by atoms with E-state index in [2.05, 4.69) is 34.1 Å². The van der Waals surface area contributed by atoms with E-state index in [0.717, 1.165) is 22.4 Å². The Balaban J connectivity index is 2.72. The first-order valence-corrected chi connectivity index (χ1v) is 15.1. The summed E-state index contributed by atoms with van der Waals surface area (Å²) in [7, 11) is 2.00. The predicted molar refractivity (Wildman–Crippen MR) is 99.6 cm³/mol. The molecule has 0 radical (unpaired) electrons. The normalized spacial score (nSPS) is 15.8. The van der Waals surface area contributed by atoms with E-state index in [1.807, 2.05) is 33.9 Å². The van der Waals surface area contributed by atoms with Crippen molar-refractivity contribution in [3.05, 3.63) is 47.2 Å². The maximum absolute atomic E-state index is 8.56. The molecule has 0 fully saturated rings. The third kappa shape index (κ3) is 3.45. The minimum absolute atomic E-state index is 0.374. The quantitative estimate of drug-likeness (QED) is 0.561. The number of nitrogens with zero attached hydrogens (tertiary/aromatic N) is 1. The van der Waals surface area contributed by atoms with Gasteiger partial charge in [0.25, 0.3) is 0 Å². The molecule has 2 rings (SSSR count). The molecule has 22 heavy (non-hydrogen) atoms. The van der Waals surface area contributed by atoms with Crippen LogP contribution in [0.5, 0.6) is 0 Å². The van der Waals surface area contributed by atoms with Crippen molar-refractivity contribution in [1.29, 1.82) is 0 Å². The van der Waals surface area contributed by atoms with Gasteiger partial charge in [0.15, 0.2) is 0 Å². The first-order chi connectivity index (χ1) is 11.6. The van der Waals surface area contributed by atoms with Gasteiger partial charge in [-0.2, -0.15) is 0 Å². The van der Waals surface area contributed by atoms with E-state index < -0.39 is 26.0 Å². The Hall–Kier alpha value is -1.09. The molecule has 0 amide bonds. The van der Waals surface area contributed by atoms with Crippen molar-refractivity contribution in [2.75, 3.05) is 0 Å². The zero-order valence-electron chi connectivity index (χ0n) is 18.8. The summed E-state index contributed by atoms with van der Waals surface area (Å²) < 4.78 is 34.8. The second-order valence-corrected chi connectivity index (χ2v) is 17.9. The fourth-order valence-corrected chi connectivity index (χ4v) is 6.44. The van der Waals surface area contributed by atoms with E-state index in [9.17, 15) is 0 Å². The molecule has 0 saturated heterocycles. The van der Waals surface area contributed by atoms with Crippen molar-refractivity contribution in [3.63, 3.8) is 0 Å². The summed E-state index contributed by atoms with van der Waals surface area (Å²) in [6.07, 6.45) is 2.09. The third-order valence-electron chi connectivity index (χ3n) is 4.12. The average molecular weight is 361 g/mol. The van der Waals surface area contributed by atoms with E-state index in [0.29, 0.717) is 5.56 Å². The molecule has 1 aromatic carbocycles. The van der Waals surface area contributed by atoms with Crippen molar-refractivity contribution in [2.24, 2.45) is 7.05 Å². The summed E-state index contributed by atoms with van der Waals surface area (Å²) in [5.74, 6) is 6.39. The second kappa shape index (κ2) is 6.19. The van der Waals surface area contributed by atoms with Gasteiger partial charge in [-0.3, -0.25) is 0 Å². The molecule has 0 aliphatic rings. The fourth-order valence-electron chi connectivity index (χ4n) is 2.89. The Kier molecular flexibility index (Phi) is 3.48. The number of hydrogen-bond acceptors (Lipinski definition) is 0. The number of rotatable bonds is 3. The molecule has 1 aromatic heterocycles. The Bertz CT molecular complexity index is 827. The monoisotopic (exact) mass is 362 g/mol. The van der Waals surface area contributed by atoms with Crippen LogP contribution in [0.25, 0.3) is 11.3 Å². The van der Waals surface area contributed by atoms with Gasteiger partial charge in [0, 0.05) is 0 Å². The average Bonchev–Trinajstić information content (AvgIpc) is 2.44. The molecule has 0 saturated carbocycles. The third-order valence-corrected chi connectivity index (χ3v) is 8.38. The zero-order valence-corrected chi connectivity index (χ0v) is 16.9. The standard InChI is InChI=1S/C20H30GeN/c1-14(2)18-13-22(8)20(12-19(18)21(5,6)7)17-10-9-15(3)11-16(17)4/h9-14H,1-8H3/q+1/i3D3,14D. The topological polar surface area (TPSA) is 3.88 Å². The summed E-state index contributed by atoms with van der Waals surface area (Å²) in [5.41, 5.74) is 4.54. The van der Waals surface area contributed by atoms with E-state index in [1.165, 1.54) is 4.40 Å². The summed E-state index contributed by atoms with van der Waals surface area (Å²) in [4.78, 5) is 0. The molecule has 2 heteroatoms. The van der Waals surface area contributed by atoms with Crippen LogP contribution in [0.15, 0.2) is 30.5 Å². The number of benzene rings is 1. The molecule has 0 atom stereocenters. The Morgan fingerprint density at radius 3 is 2.36 bits per heavy atom. The van der Waals surface area contributed by atoms with Gasteiger partial charge in [0.2, 0.25) is 0 Å². The maximum atomic E-state index is 8.56. The van der Waals surface area contributed by atoms with Crippen molar-refractivity contribution in [2.45, 2.75) is 50.8 Å².